The van der Waals surface area contributed by atoms with Crippen molar-refractivity contribution in [2.75, 3.05) is 4.90 Å². The van der Waals surface area contributed by atoms with Crippen molar-refractivity contribution in [2.45, 2.75) is 6.61 Å². The number of halogens is 4. The van der Waals surface area contributed by atoms with Crippen LogP contribution in [0.15, 0.2) is 74.5 Å². The molecule has 0 atom stereocenters. The molecule has 1 aliphatic heterocycles. The summed E-state index contributed by atoms with van der Waals surface area (Å²) in [6, 6.07) is 16.8. The van der Waals surface area contributed by atoms with Gasteiger partial charge in [0.2, 0.25) is 0 Å². The Morgan fingerprint density at radius 2 is 1.69 bits per heavy atom. The summed E-state index contributed by atoms with van der Waals surface area (Å²) in [7, 11) is 0. The topological polar surface area (TPSA) is 29.5 Å². The first-order valence-corrected chi connectivity index (χ1v) is 12.4. The number of rotatable bonds is 5. The molecule has 3 aromatic rings. The lowest BCUT2D eigenvalue weighted by Crippen LogP contribution is -2.27. The molecule has 1 aliphatic rings. The first kappa shape index (κ1) is 23.4. The molecule has 1 saturated heterocycles. The smallest absolute Gasteiger partial charge is 0.270 e. The summed E-state index contributed by atoms with van der Waals surface area (Å²) in [6.45, 7) is 0.288. The molecule has 1 heterocycles. The van der Waals surface area contributed by atoms with Gasteiger partial charge in [-0.25, -0.2) is 4.39 Å². The average Bonchev–Trinajstić information content (AvgIpc) is 3.02. The van der Waals surface area contributed by atoms with Crippen LogP contribution >= 0.6 is 67.4 Å². The van der Waals surface area contributed by atoms with Gasteiger partial charge in [-0.2, -0.15) is 0 Å². The second-order valence-corrected chi connectivity index (χ2v) is 10.5. The van der Waals surface area contributed by atoms with Crippen molar-refractivity contribution >= 4 is 89.4 Å². The Hall–Kier alpha value is -1.71. The highest BCUT2D eigenvalue weighted by molar-refractivity contribution is 9.11. The summed E-state index contributed by atoms with van der Waals surface area (Å²) >= 11 is 19.7. The fraction of sp³-hybridized carbons (Fsp3) is 0.0435. The van der Waals surface area contributed by atoms with Gasteiger partial charge in [0, 0.05) is 5.02 Å². The van der Waals surface area contributed by atoms with Crippen LogP contribution in [0.25, 0.3) is 6.08 Å². The number of benzene rings is 3. The van der Waals surface area contributed by atoms with Crippen LogP contribution < -0.4 is 9.64 Å². The molecule has 1 fully saturated rings. The molecule has 0 bridgehead atoms. The SMILES string of the molecule is O=C1/C(=C\c2cc(Br)c(OCc3ccc(F)cc3)c(Br)c2)SC(=S)N1c1ccc(Cl)cc1. The summed E-state index contributed by atoms with van der Waals surface area (Å²) < 4.78 is 20.9. The van der Waals surface area contributed by atoms with E-state index in [0.29, 0.717) is 34.6 Å². The number of carbonyl (C=O) groups is 1. The van der Waals surface area contributed by atoms with Crippen molar-refractivity contribution in [1.29, 1.82) is 0 Å². The van der Waals surface area contributed by atoms with Crippen molar-refractivity contribution in [3.8, 4) is 5.75 Å². The van der Waals surface area contributed by atoms with Crippen LogP contribution in [0.2, 0.25) is 5.02 Å². The molecular formula is C23H13Br2ClFNO2S2. The Morgan fingerprint density at radius 1 is 1.06 bits per heavy atom. The third kappa shape index (κ3) is 5.26. The molecule has 3 nitrogen and oxygen atoms in total. The van der Waals surface area contributed by atoms with Gasteiger partial charge in [0.1, 0.15) is 18.2 Å². The molecule has 0 aromatic heterocycles. The minimum absolute atomic E-state index is 0.189. The van der Waals surface area contributed by atoms with Gasteiger partial charge in [0.25, 0.3) is 5.91 Å². The third-order valence-corrected chi connectivity index (χ3v) is 7.23. The lowest BCUT2D eigenvalue weighted by Gasteiger charge is -2.14. The molecular weight excluding hydrogens is 601 g/mol. The lowest BCUT2D eigenvalue weighted by molar-refractivity contribution is -0.113. The number of hydrogen-bond acceptors (Lipinski definition) is 4. The molecule has 4 rings (SSSR count). The average molecular weight is 614 g/mol. The van der Waals surface area contributed by atoms with E-state index in [1.165, 1.54) is 28.8 Å². The van der Waals surface area contributed by atoms with E-state index in [1.807, 2.05) is 12.1 Å². The highest BCUT2D eigenvalue weighted by Gasteiger charge is 2.33. The predicted molar refractivity (Wildman–Crippen MR) is 140 cm³/mol. The molecule has 0 spiro atoms. The minimum Gasteiger partial charge on any atom is -0.487 e. The van der Waals surface area contributed by atoms with Crippen molar-refractivity contribution in [3.05, 3.63) is 96.5 Å². The van der Waals surface area contributed by atoms with Crippen LogP contribution in [0.5, 0.6) is 5.75 Å². The van der Waals surface area contributed by atoms with Gasteiger partial charge in [-0.3, -0.25) is 9.69 Å². The van der Waals surface area contributed by atoms with E-state index in [1.54, 1.807) is 42.5 Å². The summed E-state index contributed by atoms with van der Waals surface area (Å²) in [5.41, 5.74) is 2.32. The van der Waals surface area contributed by atoms with Gasteiger partial charge >= 0.3 is 0 Å². The van der Waals surface area contributed by atoms with Crippen LogP contribution in [0.4, 0.5) is 10.1 Å². The van der Waals surface area contributed by atoms with E-state index in [9.17, 15) is 9.18 Å². The normalized spacial score (nSPS) is 15.0. The molecule has 32 heavy (non-hydrogen) atoms. The van der Waals surface area contributed by atoms with Gasteiger partial charge < -0.3 is 4.74 Å². The number of amides is 1. The highest BCUT2D eigenvalue weighted by Crippen LogP contribution is 2.39. The fourth-order valence-corrected chi connectivity index (χ4v) is 5.84. The third-order valence-electron chi connectivity index (χ3n) is 4.49. The molecule has 3 aromatic carbocycles. The molecule has 9 heteroatoms. The zero-order valence-electron chi connectivity index (χ0n) is 16.2. The van der Waals surface area contributed by atoms with Crippen molar-refractivity contribution in [1.82, 2.24) is 0 Å². The number of thiocarbonyl (C=S) groups is 1. The molecule has 1 amide bonds. The maximum atomic E-state index is 13.1. The quantitative estimate of drug-likeness (QED) is 0.216. The minimum atomic E-state index is -0.290. The molecule has 0 N–H and O–H groups in total. The van der Waals surface area contributed by atoms with Gasteiger partial charge in [-0.15, -0.1) is 0 Å². The summed E-state index contributed by atoms with van der Waals surface area (Å²) in [4.78, 5) is 15.0. The first-order chi connectivity index (χ1) is 15.3. The number of thioether (sulfide) groups is 1. The highest BCUT2D eigenvalue weighted by atomic mass is 79.9. The Morgan fingerprint density at radius 3 is 2.31 bits per heavy atom. The van der Waals surface area contributed by atoms with E-state index in [0.717, 1.165) is 11.1 Å². The van der Waals surface area contributed by atoms with Gasteiger partial charge in [-0.1, -0.05) is 47.7 Å². The number of anilines is 1. The number of carbonyl (C=O) groups excluding carboxylic acids is 1. The molecule has 0 aliphatic carbocycles. The molecule has 162 valence electrons. The number of nitrogens with zero attached hydrogens (tertiary/aromatic N) is 1. The van der Waals surface area contributed by atoms with E-state index in [2.05, 4.69) is 31.9 Å². The Balaban J connectivity index is 1.54. The van der Waals surface area contributed by atoms with E-state index >= 15 is 0 Å². The van der Waals surface area contributed by atoms with Gasteiger partial charge in [0.05, 0.1) is 19.5 Å². The second-order valence-electron chi connectivity index (χ2n) is 6.72. The summed E-state index contributed by atoms with van der Waals surface area (Å²) in [6.07, 6.45) is 1.79. The number of ether oxygens (including phenoxy) is 1. The van der Waals surface area contributed by atoms with Crippen LogP contribution in [0.1, 0.15) is 11.1 Å². The zero-order valence-corrected chi connectivity index (χ0v) is 21.7. The maximum absolute atomic E-state index is 13.1. The standard InChI is InChI=1S/C23H13Br2ClFNO2S2/c24-18-9-14(10-19(25)21(18)30-12-13-1-5-16(27)6-2-13)11-20-22(29)28(23(31)32-20)17-7-3-15(26)4-8-17/h1-11H,12H2/b20-11+. The Bertz CT molecular complexity index is 1210. The van der Waals surface area contributed by atoms with Crippen molar-refractivity contribution in [3.63, 3.8) is 0 Å². The Kier molecular flexibility index (Phi) is 7.37. The first-order valence-electron chi connectivity index (χ1n) is 9.21. The van der Waals surface area contributed by atoms with Crippen LogP contribution in [0, 0.1) is 5.82 Å². The summed E-state index contributed by atoms with van der Waals surface area (Å²) in [5, 5.41) is 0.589. The predicted octanol–water partition coefficient (Wildman–Crippen LogP) is 7.99. The van der Waals surface area contributed by atoms with Crippen LogP contribution in [-0.2, 0) is 11.4 Å². The fourth-order valence-electron chi connectivity index (χ4n) is 2.97. The Labute approximate surface area is 215 Å². The van der Waals surface area contributed by atoms with Gasteiger partial charge in [0.15, 0.2) is 4.32 Å². The second kappa shape index (κ2) is 10.1. The number of hydrogen-bond donors (Lipinski definition) is 0. The van der Waals surface area contributed by atoms with Gasteiger partial charge in [-0.05, 0) is 97.6 Å². The zero-order chi connectivity index (χ0) is 22.8. The molecule has 0 radical (unpaired) electrons. The van der Waals surface area contributed by atoms with Crippen LogP contribution in [-0.4, -0.2) is 10.2 Å². The monoisotopic (exact) mass is 611 g/mol. The van der Waals surface area contributed by atoms with Crippen LogP contribution in [0.3, 0.4) is 0 Å². The van der Waals surface area contributed by atoms with E-state index < -0.39 is 0 Å². The van der Waals surface area contributed by atoms with E-state index in [-0.39, 0.29) is 18.3 Å². The lowest BCUT2D eigenvalue weighted by atomic mass is 10.2. The van der Waals surface area contributed by atoms with Crippen molar-refractivity contribution < 1.29 is 13.9 Å². The molecule has 0 saturated carbocycles. The largest absolute Gasteiger partial charge is 0.487 e. The van der Waals surface area contributed by atoms with Crippen molar-refractivity contribution in [2.24, 2.45) is 0 Å². The maximum Gasteiger partial charge on any atom is 0.270 e. The summed E-state index contributed by atoms with van der Waals surface area (Å²) in [5.74, 6) is 0.133. The van der Waals surface area contributed by atoms with E-state index in [4.69, 9.17) is 28.6 Å². The molecule has 0 unspecified atom stereocenters.